The first kappa shape index (κ1) is 17.5. The number of carbonyl (C=O) groups is 1. The number of carbonyl (C=O) groups excluding carboxylic acids is 1. The Labute approximate surface area is 143 Å². The molecule has 0 saturated heterocycles. The fraction of sp³-hybridized carbons (Fsp3) is 0.263. The first-order valence-corrected chi connectivity index (χ1v) is 8.09. The Hall–Kier alpha value is -2.82. The van der Waals surface area contributed by atoms with E-state index in [0.29, 0.717) is 18.1 Å². The van der Waals surface area contributed by atoms with Gasteiger partial charge in [-0.05, 0) is 48.2 Å². The minimum absolute atomic E-state index is 0.0861. The highest BCUT2D eigenvalue weighted by Crippen LogP contribution is 2.10. The van der Waals surface area contributed by atoms with Gasteiger partial charge in [-0.3, -0.25) is 9.79 Å². The predicted molar refractivity (Wildman–Crippen MR) is 99.5 cm³/mol. The van der Waals surface area contributed by atoms with Crippen LogP contribution in [0.15, 0.2) is 53.5 Å². The summed E-state index contributed by atoms with van der Waals surface area (Å²) in [5.41, 5.74) is 9.83. The van der Waals surface area contributed by atoms with Crippen LogP contribution in [0.25, 0.3) is 0 Å². The number of aliphatic imine (C=N–C) groups is 1. The van der Waals surface area contributed by atoms with Gasteiger partial charge in [0.1, 0.15) is 0 Å². The summed E-state index contributed by atoms with van der Waals surface area (Å²) in [4.78, 5) is 16.0. The van der Waals surface area contributed by atoms with Gasteiger partial charge in [-0.25, -0.2) is 0 Å². The number of anilines is 1. The maximum Gasteiger partial charge on any atom is 0.251 e. The van der Waals surface area contributed by atoms with Crippen LogP contribution in [0.3, 0.4) is 0 Å². The van der Waals surface area contributed by atoms with Gasteiger partial charge in [-0.15, -0.1) is 0 Å². The van der Waals surface area contributed by atoms with Gasteiger partial charge in [0, 0.05) is 24.8 Å². The van der Waals surface area contributed by atoms with E-state index in [2.05, 4.69) is 34.7 Å². The quantitative estimate of drug-likeness (QED) is 0.564. The van der Waals surface area contributed by atoms with Gasteiger partial charge < -0.3 is 16.4 Å². The Morgan fingerprint density at radius 2 is 1.88 bits per heavy atom. The number of aryl methyl sites for hydroxylation is 1. The largest absolute Gasteiger partial charge is 0.370 e. The highest BCUT2D eigenvalue weighted by molar-refractivity contribution is 5.94. The molecule has 0 spiro atoms. The summed E-state index contributed by atoms with van der Waals surface area (Å²) in [6.45, 7) is 2.68. The zero-order chi connectivity index (χ0) is 17.4. The lowest BCUT2D eigenvalue weighted by atomic mass is 10.1. The summed E-state index contributed by atoms with van der Waals surface area (Å²) in [7, 11) is 1.62. The molecule has 0 aromatic heterocycles. The fourth-order valence-corrected chi connectivity index (χ4v) is 2.33. The van der Waals surface area contributed by atoms with Crippen molar-refractivity contribution in [2.45, 2.75) is 19.8 Å². The number of guanidine groups is 1. The summed E-state index contributed by atoms with van der Waals surface area (Å²) < 4.78 is 0. The Morgan fingerprint density at radius 1 is 1.12 bits per heavy atom. The standard InChI is InChI=1S/C19H24N4O/c1-3-14-7-9-17(10-8-14)23-19(20)22-12-11-15-5-4-6-16(13-15)18(24)21-2/h4-10,13H,3,11-12H2,1-2H3,(H,21,24)(H3,20,22,23). The third-order valence-electron chi connectivity index (χ3n) is 3.73. The monoisotopic (exact) mass is 324 g/mol. The SMILES string of the molecule is CCc1ccc(NC(N)=NCCc2cccc(C(=O)NC)c2)cc1. The van der Waals surface area contributed by atoms with Crippen LogP contribution in [0.2, 0.25) is 0 Å². The molecule has 4 N–H and O–H groups in total. The predicted octanol–water partition coefficient (Wildman–Crippen LogP) is 2.58. The van der Waals surface area contributed by atoms with Crippen molar-refractivity contribution < 1.29 is 4.79 Å². The lowest BCUT2D eigenvalue weighted by Gasteiger charge is -2.07. The van der Waals surface area contributed by atoms with Crippen molar-refractivity contribution in [1.29, 1.82) is 0 Å². The van der Waals surface area contributed by atoms with E-state index in [9.17, 15) is 4.79 Å². The highest BCUT2D eigenvalue weighted by Gasteiger charge is 2.03. The molecule has 2 aromatic carbocycles. The van der Waals surface area contributed by atoms with E-state index in [1.807, 2.05) is 30.3 Å². The lowest BCUT2D eigenvalue weighted by Crippen LogP contribution is -2.23. The van der Waals surface area contributed by atoms with Gasteiger partial charge in [0.05, 0.1) is 0 Å². The fourth-order valence-electron chi connectivity index (χ4n) is 2.33. The number of nitrogens with two attached hydrogens (primary N) is 1. The summed E-state index contributed by atoms with van der Waals surface area (Å²) >= 11 is 0. The molecule has 0 unspecified atom stereocenters. The molecule has 2 aromatic rings. The Balaban J connectivity index is 1.89. The molecular formula is C19H24N4O. The van der Waals surface area contributed by atoms with Crippen LogP contribution in [0.1, 0.15) is 28.4 Å². The molecule has 0 fully saturated rings. The second-order valence-corrected chi connectivity index (χ2v) is 5.47. The second-order valence-electron chi connectivity index (χ2n) is 5.47. The zero-order valence-corrected chi connectivity index (χ0v) is 14.2. The number of hydrogen-bond acceptors (Lipinski definition) is 2. The van der Waals surface area contributed by atoms with Crippen LogP contribution in [-0.2, 0) is 12.8 Å². The Bertz CT molecular complexity index is 708. The molecule has 0 aliphatic heterocycles. The number of hydrogen-bond donors (Lipinski definition) is 3. The first-order valence-electron chi connectivity index (χ1n) is 8.09. The van der Waals surface area contributed by atoms with Crippen molar-refractivity contribution >= 4 is 17.6 Å². The third-order valence-corrected chi connectivity index (χ3v) is 3.73. The van der Waals surface area contributed by atoms with Crippen LogP contribution < -0.4 is 16.4 Å². The molecule has 0 aliphatic rings. The normalized spacial score (nSPS) is 11.2. The second kappa shape index (κ2) is 8.72. The van der Waals surface area contributed by atoms with Gasteiger partial charge in [-0.1, -0.05) is 31.2 Å². The maximum absolute atomic E-state index is 11.6. The van der Waals surface area contributed by atoms with E-state index in [0.717, 1.165) is 24.1 Å². The number of rotatable bonds is 6. The van der Waals surface area contributed by atoms with E-state index in [4.69, 9.17) is 5.73 Å². The molecule has 5 heteroatoms. The van der Waals surface area contributed by atoms with E-state index in [-0.39, 0.29) is 5.91 Å². The van der Waals surface area contributed by atoms with E-state index in [1.54, 1.807) is 13.1 Å². The molecule has 24 heavy (non-hydrogen) atoms. The van der Waals surface area contributed by atoms with Crippen molar-refractivity contribution in [3.63, 3.8) is 0 Å². The van der Waals surface area contributed by atoms with Crippen molar-refractivity contribution in [1.82, 2.24) is 5.32 Å². The molecular weight excluding hydrogens is 300 g/mol. The molecule has 5 nitrogen and oxygen atoms in total. The molecule has 126 valence electrons. The molecule has 2 rings (SSSR count). The van der Waals surface area contributed by atoms with Gasteiger partial charge in [0.15, 0.2) is 5.96 Å². The third kappa shape index (κ3) is 5.12. The van der Waals surface area contributed by atoms with Crippen LogP contribution in [0.4, 0.5) is 5.69 Å². The van der Waals surface area contributed by atoms with Gasteiger partial charge in [0.2, 0.25) is 0 Å². The average Bonchev–Trinajstić information content (AvgIpc) is 2.62. The molecule has 1 amide bonds. The highest BCUT2D eigenvalue weighted by atomic mass is 16.1. The number of nitrogens with zero attached hydrogens (tertiary/aromatic N) is 1. The maximum atomic E-state index is 11.6. The summed E-state index contributed by atoms with van der Waals surface area (Å²) in [5, 5.41) is 5.70. The molecule has 0 radical (unpaired) electrons. The van der Waals surface area contributed by atoms with E-state index >= 15 is 0 Å². The average molecular weight is 324 g/mol. The van der Waals surface area contributed by atoms with Crippen molar-refractivity contribution in [3.8, 4) is 0 Å². The molecule has 0 heterocycles. The molecule has 0 aliphatic carbocycles. The van der Waals surface area contributed by atoms with Crippen LogP contribution in [0.5, 0.6) is 0 Å². The van der Waals surface area contributed by atoms with Crippen molar-refractivity contribution in [3.05, 3.63) is 65.2 Å². The molecule has 0 saturated carbocycles. The number of benzene rings is 2. The van der Waals surface area contributed by atoms with Gasteiger partial charge >= 0.3 is 0 Å². The number of amides is 1. The topological polar surface area (TPSA) is 79.5 Å². The van der Waals surface area contributed by atoms with Crippen molar-refractivity contribution in [2.75, 3.05) is 18.9 Å². The van der Waals surface area contributed by atoms with Crippen LogP contribution in [0, 0.1) is 0 Å². The lowest BCUT2D eigenvalue weighted by molar-refractivity contribution is 0.0963. The smallest absolute Gasteiger partial charge is 0.251 e. The Morgan fingerprint density at radius 3 is 2.54 bits per heavy atom. The summed E-state index contributed by atoms with van der Waals surface area (Å²) in [5.74, 6) is 0.304. The van der Waals surface area contributed by atoms with E-state index in [1.165, 1.54) is 5.56 Å². The van der Waals surface area contributed by atoms with Crippen LogP contribution >= 0.6 is 0 Å². The van der Waals surface area contributed by atoms with Gasteiger partial charge in [-0.2, -0.15) is 0 Å². The summed E-state index contributed by atoms with van der Waals surface area (Å²) in [6, 6.07) is 15.7. The van der Waals surface area contributed by atoms with E-state index < -0.39 is 0 Å². The minimum Gasteiger partial charge on any atom is -0.370 e. The molecule has 0 bridgehead atoms. The minimum atomic E-state index is -0.0861. The van der Waals surface area contributed by atoms with Gasteiger partial charge in [0.25, 0.3) is 5.91 Å². The first-order chi connectivity index (χ1) is 11.6. The summed E-state index contributed by atoms with van der Waals surface area (Å²) in [6.07, 6.45) is 1.74. The number of nitrogens with one attached hydrogen (secondary N) is 2. The Kier molecular flexibility index (Phi) is 6.37. The van der Waals surface area contributed by atoms with Crippen molar-refractivity contribution in [2.24, 2.45) is 10.7 Å². The van der Waals surface area contributed by atoms with Crippen LogP contribution in [-0.4, -0.2) is 25.5 Å². The zero-order valence-electron chi connectivity index (χ0n) is 14.2. The molecule has 0 atom stereocenters.